The summed E-state index contributed by atoms with van der Waals surface area (Å²) in [5.74, 6) is 1.27. The fourth-order valence-electron chi connectivity index (χ4n) is 3.57. The predicted octanol–water partition coefficient (Wildman–Crippen LogP) is 1.50. The van der Waals surface area contributed by atoms with E-state index in [4.69, 9.17) is 9.47 Å². The van der Waals surface area contributed by atoms with Gasteiger partial charge >= 0.3 is 0 Å². The Kier molecular flexibility index (Phi) is 8.07. The number of hydrogen-bond donors (Lipinski definition) is 2. The molecule has 0 saturated carbocycles. The summed E-state index contributed by atoms with van der Waals surface area (Å²) in [6.07, 6.45) is -0.627. The molecule has 1 amide bonds. The van der Waals surface area contributed by atoms with Crippen LogP contribution in [-0.2, 0) is 17.9 Å². The second-order valence-corrected chi connectivity index (χ2v) is 7.69. The molecule has 0 unspecified atom stereocenters. The van der Waals surface area contributed by atoms with Crippen LogP contribution in [0.5, 0.6) is 11.5 Å². The van der Waals surface area contributed by atoms with E-state index in [-0.39, 0.29) is 12.5 Å². The minimum atomic E-state index is -0.627. The van der Waals surface area contributed by atoms with Gasteiger partial charge < -0.3 is 19.9 Å². The third-order valence-corrected chi connectivity index (χ3v) is 5.00. The fourth-order valence-corrected chi connectivity index (χ4v) is 3.57. The molecule has 162 valence electrons. The first kappa shape index (κ1) is 22.1. The number of aliphatic hydroxyl groups is 1. The molecule has 3 rings (SSSR count). The highest BCUT2D eigenvalue weighted by molar-refractivity contribution is 5.78. The quantitative estimate of drug-likeness (QED) is 0.615. The first-order valence-corrected chi connectivity index (χ1v) is 10.2. The molecule has 0 spiro atoms. The Labute approximate surface area is 178 Å². The molecular formula is C23H31N3O4. The summed E-state index contributed by atoms with van der Waals surface area (Å²) >= 11 is 0. The van der Waals surface area contributed by atoms with Crippen LogP contribution in [0.3, 0.4) is 0 Å². The summed E-state index contributed by atoms with van der Waals surface area (Å²) in [5.41, 5.74) is 2.24. The van der Waals surface area contributed by atoms with E-state index in [1.165, 1.54) is 5.56 Å². The molecule has 0 aromatic heterocycles. The van der Waals surface area contributed by atoms with Crippen molar-refractivity contribution in [2.45, 2.75) is 19.2 Å². The molecule has 1 saturated heterocycles. The lowest BCUT2D eigenvalue weighted by molar-refractivity contribution is -0.124. The highest BCUT2D eigenvalue weighted by atomic mass is 16.5. The molecule has 2 aromatic carbocycles. The van der Waals surface area contributed by atoms with Crippen molar-refractivity contribution in [3.05, 3.63) is 59.7 Å². The summed E-state index contributed by atoms with van der Waals surface area (Å²) in [6, 6.07) is 15.9. The molecule has 2 N–H and O–H groups in total. The van der Waals surface area contributed by atoms with Gasteiger partial charge in [-0.15, -0.1) is 0 Å². The molecule has 1 aliphatic heterocycles. The van der Waals surface area contributed by atoms with Crippen molar-refractivity contribution < 1.29 is 19.4 Å². The average Bonchev–Trinajstić information content (AvgIpc) is 2.73. The lowest BCUT2D eigenvalue weighted by atomic mass is 10.1. The SMILES string of the molecule is COc1ccc(CN2CCNC(=O)C2)cc1OC[C@H](O)CN(C)Cc1ccccc1. The van der Waals surface area contributed by atoms with Gasteiger partial charge in [-0.25, -0.2) is 0 Å². The summed E-state index contributed by atoms with van der Waals surface area (Å²) in [4.78, 5) is 15.7. The molecule has 1 heterocycles. The largest absolute Gasteiger partial charge is 0.493 e. The van der Waals surface area contributed by atoms with Crippen molar-refractivity contribution in [2.24, 2.45) is 0 Å². The van der Waals surface area contributed by atoms with Gasteiger partial charge in [-0.2, -0.15) is 0 Å². The number of rotatable bonds is 10. The average molecular weight is 414 g/mol. The Morgan fingerprint density at radius 3 is 2.70 bits per heavy atom. The van der Waals surface area contributed by atoms with Crippen LogP contribution in [0.15, 0.2) is 48.5 Å². The zero-order valence-electron chi connectivity index (χ0n) is 17.7. The molecule has 1 atom stereocenters. The van der Waals surface area contributed by atoms with E-state index < -0.39 is 6.10 Å². The van der Waals surface area contributed by atoms with Crippen molar-refractivity contribution in [2.75, 3.05) is 46.9 Å². The molecule has 7 heteroatoms. The monoisotopic (exact) mass is 413 g/mol. The standard InChI is InChI=1S/C23H31N3O4/c1-25(13-18-6-4-3-5-7-18)15-20(27)17-30-22-12-19(8-9-21(22)29-2)14-26-11-10-24-23(28)16-26/h3-9,12,20,27H,10-11,13-17H2,1-2H3,(H,24,28)/t20-/m1/s1. The Hall–Kier alpha value is -2.61. The smallest absolute Gasteiger partial charge is 0.234 e. The normalized spacial score (nSPS) is 15.7. The minimum Gasteiger partial charge on any atom is -0.493 e. The zero-order chi connectivity index (χ0) is 21.3. The highest BCUT2D eigenvalue weighted by Gasteiger charge is 2.17. The number of amides is 1. The van der Waals surface area contributed by atoms with Gasteiger partial charge in [0, 0.05) is 32.7 Å². The molecular weight excluding hydrogens is 382 g/mol. The number of hydrogen-bond acceptors (Lipinski definition) is 6. The first-order chi connectivity index (χ1) is 14.5. The zero-order valence-corrected chi connectivity index (χ0v) is 17.7. The van der Waals surface area contributed by atoms with E-state index in [2.05, 4.69) is 27.2 Å². The molecule has 2 aromatic rings. The van der Waals surface area contributed by atoms with E-state index in [0.717, 1.165) is 18.7 Å². The number of carbonyl (C=O) groups is 1. The third kappa shape index (κ3) is 6.73. The summed E-state index contributed by atoms with van der Waals surface area (Å²) in [7, 11) is 3.58. The van der Waals surface area contributed by atoms with Crippen molar-refractivity contribution in [3.8, 4) is 11.5 Å². The van der Waals surface area contributed by atoms with Crippen LogP contribution in [0.2, 0.25) is 0 Å². The van der Waals surface area contributed by atoms with Gasteiger partial charge in [-0.05, 0) is 30.3 Å². The van der Waals surface area contributed by atoms with E-state index in [1.807, 2.05) is 43.4 Å². The van der Waals surface area contributed by atoms with Crippen molar-refractivity contribution >= 4 is 5.91 Å². The first-order valence-electron chi connectivity index (χ1n) is 10.2. The number of nitrogens with zero attached hydrogens (tertiary/aromatic N) is 2. The predicted molar refractivity (Wildman–Crippen MR) is 116 cm³/mol. The maximum Gasteiger partial charge on any atom is 0.234 e. The van der Waals surface area contributed by atoms with Crippen molar-refractivity contribution in [3.63, 3.8) is 0 Å². The van der Waals surface area contributed by atoms with Crippen LogP contribution in [0.25, 0.3) is 0 Å². The summed E-state index contributed by atoms with van der Waals surface area (Å²) in [6.45, 7) is 3.98. The van der Waals surface area contributed by atoms with Gasteiger partial charge in [0.2, 0.25) is 5.91 Å². The molecule has 0 radical (unpaired) electrons. The number of likely N-dealkylation sites (N-methyl/N-ethyl adjacent to an activating group) is 1. The number of methoxy groups -OCH3 is 1. The fraction of sp³-hybridized carbons (Fsp3) is 0.435. The molecule has 0 bridgehead atoms. The van der Waals surface area contributed by atoms with Crippen LogP contribution in [0, 0.1) is 0 Å². The van der Waals surface area contributed by atoms with E-state index >= 15 is 0 Å². The van der Waals surface area contributed by atoms with Gasteiger partial charge in [0.05, 0.1) is 13.7 Å². The molecule has 7 nitrogen and oxygen atoms in total. The summed E-state index contributed by atoms with van der Waals surface area (Å²) in [5, 5.41) is 13.3. The molecule has 0 aliphatic carbocycles. The Balaban J connectivity index is 1.53. The Morgan fingerprint density at radius 1 is 1.17 bits per heavy atom. The summed E-state index contributed by atoms with van der Waals surface area (Å²) < 4.78 is 11.3. The Bertz CT molecular complexity index is 815. The molecule has 30 heavy (non-hydrogen) atoms. The molecule has 1 fully saturated rings. The lowest BCUT2D eigenvalue weighted by Gasteiger charge is -2.26. The Morgan fingerprint density at radius 2 is 1.97 bits per heavy atom. The van der Waals surface area contributed by atoms with Crippen LogP contribution >= 0.6 is 0 Å². The maximum absolute atomic E-state index is 11.6. The number of nitrogens with one attached hydrogen (secondary N) is 1. The second-order valence-electron chi connectivity index (χ2n) is 7.69. The molecule has 1 aliphatic rings. The highest BCUT2D eigenvalue weighted by Crippen LogP contribution is 2.29. The third-order valence-electron chi connectivity index (χ3n) is 5.00. The van der Waals surface area contributed by atoms with Gasteiger partial charge in [0.1, 0.15) is 12.7 Å². The van der Waals surface area contributed by atoms with E-state index in [0.29, 0.717) is 37.7 Å². The minimum absolute atomic E-state index is 0.0500. The van der Waals surface area contributed by atoms with Gasteiger partial charge in [0.25, 0.3) is 0 Å². The van der Waals surface area contributed by atoms with Gasteiger partial charge in [-0.3, -0.25) is 14.6 Å². The number of piperazine rings is 1. The van der Waals surface area contributed by atoms with Gasteiger partial charge in [-0.1, -0.05) is 36.4 Å². The number of carbonyl (C=O) groups excluding carboxylic acids is 1. The van der Waals surface area contributed by atoms with Crippen LogP contribution < -0.4 is 14.8 Å². The lowest BCUT2D eigenvalue weighted by Crippen LogP contribution is -2.47. The topological polar surface area (TPSA) is 74.3 Å². The van der Waals surface area contributed by atoms with Crippen molar-refractivity contribution in [1.82, 2.24) is 15.1 Å². The van der Waals surface area contributed by atoms with Crippen molar-refractivity contribution in [1.29, 1.82) is 0 Å². The number of benzene rings is 2. The number of ether oxygens (including phenoxy) is 2. The van der Waals surface area contributed by atoms with Crippen LogP contribution in [0.4, 0.5) is 0 Å². The second kappa shape index (κ2) is 11.0. The number of aliphatic hydroxyl groups excluding tert-OH is 1. The van der Waals surface area contributed by atoms with Crippen LogP contribution in [0.1, 0.15) is 11.1 Å². The van der Waals surface area contributed by atoms with Crippen LogP contribution in [-0.4, -0.2) is 73.9 Å². The van der Waals surface area contributed by atoms with E-state index in [1.54, 1.807) is 7.11 Å². The van der Waals surface area contributed by atoms with E-state index in [9.17, 15) is 9.90 Å². The van der Waals surface area contributed by atoms with Gasteiger partial charge in [0.15, 0.2) is 11.5 Å². The maximum atomic E-state index is 11.6.